The highest BCUT2D eigenvalue weighted by Crippen LogP contribution is 2.09. The Bertz CT molecular complexity index is 166. The molecule has 3 heteroatoms. The molecule has 0 rings (SSSR count). The highest BCUT2D eigenvalue weighted by Gasteiger charge is 1.96. The van der Waals surface area contributed by atoms with Crippen molar-refractivity contribution in [3.8, 4) is 0 Å². The summed E-state index contributed by atoms with van der Waals surface area (Å²) >= 11 is 0. The lowest BCUT2D eigenvalue weighted by Crippen LogP contribution is -2.18. The summed E-state index contributed by atoms with van der Waals surface area (Å²) in [6.45, 7) is 4.38. The smallest absolute Gasteiger partial charge is 0.267 e. The molecule has 0 unspecified atom stereocenters. The molecule has 0 saturated heterocycles. The quantitative estimate of drug-likeness (QED) is 0.508. The van der Waals surface area contributed by atoms with E-state index in [9.17, 15) is 4.79 Å². The van der Waals surface area contributed by atoms with Crippen molar-refractivity contribution >= 4 is 5.91 Å². The van der Waals surface area contributed by atoms with Crippen molar-refractivity contribution in [3.05, 3.63) is 12.2 Å². The minimum Gasteiger partial charge on any atom is -0.277 e. The summed E-state index contributed by atoms with van der Waals surface area (Å²) < 4.78 is 0. The first-order valence-electron chi connectivity index (χ1n) is 4.70. The van der Waals surface area contributed by atoms with E-state index in [0.29, 0.717) is 0 Å². The minimum absolute atomic E-state index is 0.202. The Morgan fingerprint density at radius 3 is 2.85 bits per heavy atom. The molecule has 1 amide bonds. The van der Waals surface area contributed by atoms with Gasteiger partial charge in [-0.05, 0) is 18.8 Å². The van der Waals surface area contributed by atoms with Crippen LogP contribution >= 0.6 is 0 Å². The molecule has 0 aromatic heterocycles. The van der Waals surface area contributed by atoms with Crippen molar-refractivity contribution in [2.45, 2.75) is 33.1 Å². The molecule has 0 aliphatic carbocycles. The standard InChI is InChI=1S/C10H19NO2/c1-4-9(2)7-5-6-8-10(12)11-13-3/h6,8-9H,4-5,7H2,1-3H3,(H,11,12)/b8-6+/t9-/m0/s1. The molecule has 0 saturated carbocycles. The summed E-state index contributed by atoms with van der Waals surface area (Å²) in [6, 6.07) is 0. The molecular formula is C10H19NO2. The molecule has 76 valence electrons. The molecule has 0 aliphatic heterocycles. The second-order valence-electron chi connectivity index (χ2n) is 3.16. The fraction of sp³-hybridized carbons (Fsp3) is 0.700. The topological polar surface area (TPSA) is 38.3 Å². The Hall–Kier alpha value is -0.830. The van der Waals surface area contributed by atoms with Gasteiger partial charge < -0.3 is 0 Å². The summed E-state index contributed by atoms with van der Waals surface area (Å²) in [7, 11) is 1.42. The van der Waals surface area contributed by atoms with Crippen molar-refractivity contribution < 1.29 is 9.63 Å². The summed E-state index contributed by atoms with van der Waals surface area (Å²) in [5.74, 6) is 0.529. The van der Waals surface area contributed by atoms with Crippen LogP contribution in [0.25, 0.3) is 0 Å². The Morgan fingerprint density at radius 2 is 2.31 bits per heavy atom. The molecule has 1 N–H and O–H groups in total. The van der Waals surface area contributed by atoms with E-state index < -0.39 is 0 Å². The lowest BCUT2D eigenvalue weighted by Gasteiger charge is -2.04. The zero-order chi connectivity index (χ0) is 10.1. The SMILES string of the molecule is CC[C@H](C)CC/C=C/C(=O)NOC. The highest BCUT2D eigenvalue weighted by atomic mass is 16.6. The van der Waals surface area contributed by atoms with Gasteiger partial charge in [-0.1, -0.05) is 26.3 Å². The predicted octanol–water partition coefficient (Wildman–Crippen LogP) is 2.05. The summed E-state index contributed by atoms with van der Waals surface area (Å²) in [5, 5.41) is 0. The summed E-state index contributed by atoms with van der Waals surface area (Å²) in [5.41, 5.74) is 2.22. The van der Waals surface area contributed by atoms with Gasteiger partial charge >= 0.3 is 0 Å². The van der Waals surface area contributed by atoms with Crippen LogP contribution in [0.2, 0.25) is 0 Å². The lowest BCUT2D eigenvalue weighted by molar-refractivity contribution is -0.126. The number of hydroxylamine groups is 1. The second-order valence-corrected chi connectivity index (χ2v) is 3.16. The zero-order valence-corrected chi connectivity index (χ0v) is 8.67. The van der Waals surface area contributed by atoms with Gasteiger partial charge in [0.1, 0.15) is 0 Å². The van der Waals surface area contributed by atoms with Gasteiger partial charge in [-0.15, -0.1) is 0 Å². The first kappa shape index (κ1) is 12.2. The number of nitrogens with one attached hydrogen (secondary N) is 1. The molecule has 0 aromatic rings. The molecule has 0 radical (unpaired) electrons. The van der Waals surface area contributed by atoms with Gasteiger partial charge in [0.25, 0.3) is 5.91 Å². The molecule has 3 nitrogen and oxygen atoms in total. The van der Waals surface area contributed by atoms with Gasteiger partial charge in [0, 0.05) is 6.08 Å². The number of rotatable bonds is 6. The maximum absolute atomic E-state index is 10.8. The largest absolute Gasteiger partial charge is 0.277 e. The summed E-state index contributed by atoms with van der Waals surface area (Å²) in [4.78, 5) is 15.3. The molecule has 13 heavy (non-hydrogen) atoms. The van der Waals surface area contributed by atoms with E-state index in [1.165, 1.54) is 19.6 Å². The van der Waals surface area contributed by atoms with Gasteiger partial charge in [0.05, 0.1) is 7.11 Å². The maximum atomic E-state index is 10.8. The van der Waals surface area contributed by atoms with Crippen molar-refractivity contribution in [1.82, 2.24) is 5.48 Å². The summed E-state index contributed by atoms with van der Waals surface area (Å²) in [6.07, 6.45) is 6.66. The number of hydrogen-bond acceptors (Lipinski definition) is 2. The monoisotopic (exact) mass is 185 g/mol. The van der Waals surface area contributed by atoms with Gasteiger partial charge in [0.15, 0.2) is 0 Å². The number of carbonyl (C=O) groups excluding carboxylic acids is 1. The Balaban J connectivity index is 3.46. The van der Waals surface area contributed by atoms with Crippen LogP contribution in [0.3, 0.4) is 0 Å². The lowest BCUT2D eigenvalue weighted by atomic mass is 10.0. The highest BCUT2D eigenvalue weighted by molar-refractivity contribution is 5.86. The number of allylic oxidation sites excluding steroid dienone is 1. The van der Waals surface area contributed by atoms with Crippen LogP contribution in [0.1, 0.15) is 33.1 Å². The molecule has 0 heterocycles. The van der Waals surface area contributed by atoms with Crippen molar-refractivity contribution in [1.29, 1.82) is 0 Å². The van der Waals surface area contributed by atoms with Crippen molar-refractivity contribution in [3.63, 3.8) is 0 Å². The van der Waals surface area contributed by atoms with Crippen LogP contribution in [0.4, 0.5) is 0 Å². The molecular weight excluding hydrogens is 166 g/mol. The minimum atomic E-state index is -0.202. The Morgan fingerprint density at radius 1 is 1.62 bits per heavy atom. The van der Waals surface area contributed by atoms with Crippen molar-refractivity contribution in [2.75, 3.05) is 7.11 Å². The molecule has 0 aliphatic rings. The molecule has 0 fully saturated rings. The fourth-order valence-electron chi connectivity index (χ4n) is 0.910. The van der Waals surface area contributed by atoms with E-state index in [0.717, 1.165) is 18.8 Å². The van der Waals surface area contributed by atoms with E-state index in [1.807, 2.05) is 6.08 Å². The zero-order valence-electron chi connectivity index (χ0n) is 8.67. The van der Waals surface area contributed by atoms with Gasteiger partial charge in [0.2, 0.25) is 0 Å². The number of amides is 1. The normalized spacial score (nSPS) is 13.2. The first-order chi connectivity index (χ1) is 6.20. The van der Waals surface area contributed by atoms with Gasteiger partial charge in [-0.25, -0.2) is 5.48 Å². The van der Waals surface area contributed by atoms with Crippen molar-refractivity contribution in [2.24, 2.45) is 5.92 Å². The average molecular weight is 185 g/mol. The van der Waals surface area contributed by atoms with Gasteiger partial charge in [-0.2, -0.15) is 0 Å². The van der Waals surface area contributed by atoms with Crippen LogP contribution in [0.5, 0.6) is 0 Å². The van der Waals surface area contributed by atoms with E-state index in [1.54, 1.807) is 0 Å². The number of carbonyl (C=O) groups is 1. The molecule has 0 aromatic carbocycles. The van der Waals surface area contributed by atoms with Crippen LogP contribution < -0.4 is 5.48 Å². The maximum Gasteiger partial charge on any atom is 0.267 e. The predicted molar refractivity (Wildman–Crippen MR) is 53.0 cm³/mol. The third-order valence-electron chi connectivity index (χ3n) is 1.99. The van der Waals surface area contributed by atoms with Crippen LogP contribution in [0.15, 0.2) is 12.2 Å². The van der Waals surface area contributed by atoms with Gasteiger partial charge in [-0.3, -0.25) is 9.63 Å². The third kappa shape index (κ3) is 7.53. The van der Waals surface area contributed by atoms with Crippen LogP contribution in [-0.2, 0) is 9.63 Å². The van der Waals surface area contributed by atoms with E-state index >= 15 is 0 Å². The molecule has 1 atom stereocenters. The van der Waals surface area contributed by atoms with Crippen LogP contribution in [-0.4, -0.2) is 13.0 Å². The molecule has 0 spiro atoms. The van der Waals surface area contributed by atoms with E-state index in [-0.39, 0.29) is 5.91 Å². The second kappa shape index (κ2) is 7.80. The average Bonchev–Trinajstić information content (AvgIpc) is 2.12. The first-order valence-corrected chi connectivity index (χ1v) is 4.70. The van der Waals surface area contributed by atoms with Crippen LogP contribution in [0, 0.1) is 5.92 Å². The third-order valence-corrected chi connectivity index (χ3v) is 1.99. The van der Waals surface area contributed by atoms with E-state index in [2.05, 4.69) is 24.2 Å². The Labute approximate surface area is 80.1 Å². The van der Waals surface area contributed by atoms with E-state index in [4.69, 9.17) is 0 Å². The fourth-order valence-corrected chi connectivity index (χ4v) is 0.910. The molecule has 0 bridgehead atoms. The number of hydrogen-bond donors (Lipinski definition) is 1. The Kier molecular flexibility index (Phi) is 7.30.